The summed E-state index contributed by atoms with van der Waals surface area (Å²) in [5, 5.41) is 13.1. The van der Waals surface area contributed by atoms with Crippen molar-refractivity contribution in [1.82, 2.24) is 9.78 Å². The minimum absolute atomic E-state index is 0.158. The third-order valence-corrected chi connectivity index (χ3v) is 2.10. The van der Waals surface area contributed by atoms with Gasteiger partial charge in [-0.25, -0.2) is 0 Å². The summed E-state index contributed by atoms with van der Waals surface area (Å²) in [6, 6.07) is 0. The molecule has 0 radical (unpaired) electrons. The second-order valence-corrected chi connectivity index (χ2v) is 3.62. The van der Waals surface area contributed by atoms with Gasteiger partial charge in [-0.2, -0.15) is 5.10 Å². The lowest BCUT2D eigenvalue weighted by atomic mass is 10.1. The molecule has 0 aliphatic rings. The molecule has 0 bridgehead atoms. The zero-order valence-electron chi connectivity index (χ0n) is 8.40. The molecule has 1 rings (SSSR count). The lowest BCUT2D eigenvalue weighted by Gasteiger charge is -2.01. The van der Waals surface area contributed by atoms with Gasteiger partial charge in [0, 0.05) is 13.2 Å². The van der Waals surface area contributed by atoms with E-state index >= 15 is 0 Å². The SMILES string of the molecule is CC(O)CCCCc1cnn(C)c1. The van der Waals surface area contributed by atoms with Crippen LogP contribution >= 0.6 is 0 Å². The molecule has 3 nitrogen and oxygen atoms in total. The van der Waals surface area contributed by atoms with E-state index in [1.54, 1.807) is 0 Å². The Labute approximate surface area is 79.4 Å². The highest BCUT2D eigenvalue weighted by atomic mass is 16.3. The van der Waals surface area contributed by atoms with E-state index in [1.165, 1.54) is 5.56 Å². The fourth-order valence-corrected chi connectivity index (χ4v) is 1.37. The van der Waals surface area contributed by atoms with Crippen molar-refractivity contribution in [3.63, 3.8) is 0 Å². The van der Waals surface area contributed by atoms with Crippen molar-refractivity contribution in [3.8, 4) is 0 Å². The summed E-state index contributed by atoms with van der Waals surface area (Å²) >= 11 is 0. The predicted molar refractivity (Wildman–Crippen MR) is 52.4 cm³/mol. The van der Waals surface area contributed by atoms with E-state index in [2.05, 4.69) is 5.10 Å². The van der Waals surface area contributed by atoms with Gasteiger partial charge in [-0.15, -0.1) is 0 Å². The summed E-state index contributed by atoms with van der Waals surface area (Å²) in [5.74, 6) is 0. The quantitative estimate of drug-likeness (QED) is 0.701. The molecule has 1 heterocycles. The molecule has 1 aromatic rings. The summed E-state index contributed by atoms with van der Waals surface area (Å²) in [5.41, 5.74) is 1.29. The maximum absolute atomic E-state index is 9.04. The molecule has 0 saturated heterocycles. The Morgan fingerprint density at radius 1 is 1.54 bits per heavy atom. The lowest BCUT2D eigenvalue weighted by Crippen LogP contribution is -1.98. The third-order valence-electron chi connectivity index (χ3n) is 2.10. The molecular formula is C10H18N2O. The molecule has 0 aromatic carbocycles. The highest BCUT2D eigenvalue weighted by Gasteiger charge is 1.98. The van der Waals surface area contributed by atoms with Crippen molar-refractivity contribution in [3.05, 3.63) is 18.0 Å². The van der Waals surface area contributed by atoms with Gasteiger partial charge < -0.3 is 5.11 Å². The molecular weight excluding hydrogens is 164 g/mol. The van der Waals surface area contributed by atoms with Crippen molar-refractivity contribution < 1.29 is 5.11 Å². The van der Waals surface area contributed by atoms with Gasteiger partial charge in [-0.1, -0.05) is 6.42 Å². The Balaban J connectivity index is 2.13. The van der Waals surface area contributed by atoms with Crippen LogP contribution in [0.15, 0.2) is 12.4 Å². The van der Waals surface area contributed by atoms with Crippen LogP contribution in [-0.4, -0.2) is 21.0 Å². The zero-order valence-corrected chi connectivity index (χ0v) is 8.40. The molecule has 0 aliphatic carbocycles. The smallest absolute Gasteiger partial charge is 0.0521 e. The maximum atomic E-state index is 9.04. The standard InChI is InChI=1S/C10H18N2O/c1-9(13)5-3-4-6-10-7-11-12(2)8-10/h7-9,13H,3-6H2,1-2H3. The molecule has 0 spiro atoms. The summed E-state index contributed by atoms with van der Waals surface area (Å²) < 4.78 is 1.82. The van der Waals surface area contributed by atoms with Crippen molar-refractivity contribution in [1.29, 1.82) is 0 Å². The number of hydrogen-bond donors (Lipinski definition) is 1. The minimum atomic E-state index is -0.158. The maximum Gasteiger partial charge on any atom is 0.0521 e. The lowest BCUT2D eigenvalue weighted by molar-refractivity contribution is 0.180. The van der Waals surface area contributed by atoms with Gasteiger partial charge in [-0.05, 0) is 31.7 Å². The van der Waals surface area contributed by atoms with Crippen LogP contribution < -0.4 is 0 Å². The average Bonchev–Trinajstić information content (AvgIpc) is 2.45. The van der Waals surface area contributed by atoms with Gasteiger partial charge in [-0.3, -0.25) is 4.68 Å². The fraction of sp³-hybridized carbons (Fsp3) is 0.700. The highest BCUT2D eigenvalue weighted by molar-refractivity contribution is 5.03. The molecule has 0 aliphatic heterocycles. The predicted octanol–water partition coefficient (Wildman–Crippen LogP) is 1.51. The fourth-order valence-electron chi connectivity index (χ4n) is 1.37. The third kappa shape index (κ3) is 4.08. The number of nitrogens with zero attached hydrogens (tertiary/aromatic N) is 2. The number of aliphatic hydroxyl groups is 1. The van der Waals surface area contributed by atoms with Gasteiger partial charge in [0.15, 0.2) is 0 Å². The first-order chi connectivity index (χ1) is 6.18. The van der Waals surface area contributed by atoms with Gasteiger partial charge >= 0.3 is 0 Å². The highest BCUT2D eigenvalue weighted by Crippen LogP contribution is 2.06. The van der Waals surface area contributed by atoms with E-state index in [0.29, 0.717) is 0 Å². The first-order valence-corrected chi connectivity index (χ1v) is 4.84. The first-order valence-electron chi connectivity index (χ1n) is 4.84. The Bertz CT molecular complexity index is 243. The number of hydrogen-bond acceptors (Lipinski definition) is 2. The summed E-state index contributed by atoms with van der Waals surface area (Å²) in [6.07, 6.45) is 7.99. The molecule has 1 unspecified atom stereocenters. The zero-order chi connectivity index (χ0) is 9.68. The molecule has 0 fully saturated rings. The van der Waals surface area contributed by atoms with Crippen LogP contribution in [0.4, 0.5) is 0 Å². The second-order valence-electron chi connectivity index (χ2n) is 3.62. The number of unbranched alkanes of at least 4 members (excludes halogenated alkanes) is 1. The van der Waals surface area contributed by atoms with E-state index in [-0.39, 0.29) is 6.10 Å². The summed E-state index contributed by atoms with van der Waals surface area (Å²) in [7, 11) is 1.93. The molecule has 1 aromatic heterocycles. The van der Waals surface area contributed by atoms with Crippen LogP contribution in [0.2, 0.25) is 0 Å². The van der Waals surface area contributed by atoms with Gasteiger partial charge in [0.25, 0.3) is 0 Å². The van der Waals surface area contributed by atoms with Crippen molar-refractivity contribution >= 4 is 0 Å². The molecule has 13 heavy (non-hydrogen) atoms. The molecule has 3 heteroatoms. The van der Waals surface area contributed by atoms with E-state index in [4.69, 9.17) is 5.11 Å². The van der Waals surface area contributed by atoms with Crippen molar-refractivity contribution in [2.24, 2.45) is 7.05 Å². The van der Waals surface area contributed by atoms with Crippen LogP contribution in [0, 0.1) is 0 Å². The number of aliphatic hydroxyl groups excluding tert-OH is 1. The molecule has 1 N–H and O–H groups in total. The van der Waals surface area contributed by atoms with Crippen LogP contribution in [0.25, 0.3) is 0 Å². The molecule has 0 saturated carbocycles. The van der Waals surface area contributed by atoms with E-state index in [9.17, 15) is 0 Å². The van der Waals surface area contributed by atoms with E-state index in [1.807, 2.05) is 31.0 Å². The van der Waals surface area contributed by atoms with Crippen LogP contribution in [-0.2, 0) is 13.5 Å². The Morgan fingerprint density at radius 2 is 2.31 bits per heavy atom. The number of aryl methyl sites for hydroxylation is 2. The Hall–Kier alpha value is -0.830. The number of aromatic nitrogens is 2. The second kappa shape index (κ2) is 5.02. The molecule has 74 valence electrons. The Morgan fingerprint density at radius 3 is 2.85 bits per heavy atom. The summed E-state index contributed by atoms with van der Waals surface area (Å²) in [6.45, 7) is 1.84. The normalized spacial score (nSPS) is 13.2. The Kier molecular flexibility index (Phi) is 3.96. The number of rotatable bonds is 5. The molecule has 0 amide bonds. The first kappa shape index (κ1) is 10.3. The van der Waals surface area contributed by atoms with Crippen LogP contribution in [0.1, 0.15) is 31.7 Å². The van der Waals surface area contributed by atoms with Crippen molar-refractivity contribution in [2.75, 3.05) is 0 Å². The minimum Gasteiger partial charge on any atom is -0.393 e. The van der Waals surface area contributed by atoms with Crippen LogP contribution in [0.3, 0.4) is 0 Å². The van der Waals surface area contributed by atoms with E-state index < -0.39 is 0 Å². The monoisotopic (exact) mass is 182 g/mol. The van der Waals surface area contributed by atoms with Gasteiger partial charge in [0.2, 0.25) is 0 Å². The largest absolute Gasteiger partial charge is 0.393 e. The van der Waals surface area contributed by atoms with Gasteiger partial charge in [0.05, 0.1) is 12.3 Å². The topological polar surface area (TPSA) is 38.1 Å². The average molecular weight is 182 g/mol. The molecule has 1 atom stereocenters. The summed E-state index contributed by atoms with van der Waals surface area (Å²) in [4.78, 5) is 0. The van der Waals surface area contributed by atoms with Gasteiger partial charge in [0.1, 0.15) is 0 Å². The van der Waals surface area contributed by atoms with Crippen LogP contribution in [0.5, 0.6) is 0 Å². The van der Waals surface area contributed by atoms with E-state index in [0.717, 1.165) is 25.7 Å². The van der Waals surface area contributed by atoms with Crippen molar-refractivity contribution in [2.45, 2.75) is 38.7 Å².